The monoisotopic (exact) mass is 266 g/mol. The Bertz CT molecular complexity index is 505. The Balaban J connectivity index is 2.14. The lowest BCUT2D eigenvalue weighted by atomic mass is 10.1. The molecule has 1 unspecified atom stereocenters. The highest BCUT2D eigenvalue weighted by Gasteiger charge is 2.15. The van der Waals surface area contributed by atoms with Crippen molar-refractivity contribution in [1.82, 2.24) is 4.98 Å². The van der Waals surface area contributed by atoms with Gasteiger partial charge in [-0.1, -0.05) is 17.7 Å². The molecule has 0 spiro atoms. The number of hydrogen-bond acceptors (Lipinski definition) is 3. The average molecular weight is 267 g/mol. The van der Waals surface area contributed by atoms with Crippen molar-refractivity contribution in [1.29, 1.82) is 0 Å². The van der Waals surface area contributed by atoms with E-state index in [-0.39, 0.29) is 6.04 Å². The van der Waals surface area contributed by atoms with E-state index in [0.29, 0.717) is 0 Å². The molecule has 2 heterocycles. The van der Waals surface area contributed by atoms with Crippen LogP contribution in [0.15, 0.2) is 23.7 Å². The summed E-state index contributed by atoms with van der Waals surface area (Å²) in [6.45, 7) is 4.02. The number of halogens is 1. The fourth-order valence-corrected chi connectivity index (χ4v) is 2.97. The number of aromatic nitrogens is 1. The molecule has 0 bridgehead atoms. The molecular formula is C13H15ClN2S. The maximum atomic E-state index is 6.21. The second-order valence-corrected chi connectivity index (χ2v) is 5.52. The molecular weight excluding hydrogens is 252 g/mol. The molecule has 0 aliphatic carbocycles. The fraction of sp³-hybridized carbons (Fsp3) is 0.308. The SMILES string of the molecule is Cc1ccc(CC(N)c2scc(C)c2Cl)nc1. The van der Waals surface area contributed by atoms with Crippen LogP contribution in [0.5, 0.6) is 0 Å². The summed E-state index contributed by atoms with van der Waals surface area (Å²) < 4.78 is 0. The molecule has 2 aromatic rings. The van der Waals surface area contributed by atoms with Crippen LogP contribution in [0.25, 0.3) is 0 Å². The first-order valence-electron chi connectivity index (χ1n) is 5.48. The van der Waals surface area contributed by atoms with Gasteiger partial charge in [-0.2, -0.15) is 0 Å². The number of nitrogens with two attached hydrogens (primary N) is 1. The van der Waals surface area contributed by atoms with Crippen LogP contribution in [0.1, 0.15) is 27.7 Å². The number of hydrogen-bond donors (Lipinski definition) is 1. The van der Waals surface area contributed by atoms with Gasteiger partial charge < -0.3 is 5.73 Å². The summed E-state index contributed by atoms with van der Waals surface area (Å²) in [5.41, 5.74) is 9.43. The van der Waals surface area contributed by atoms with Gasteiger partial charge in [0.15, 0.2) is 0 Å². The van der Waals surface area contributed by atoms with Gasteiger partial charge >= 0.3 is 0 Å². The predicted octanol–water partition coefficient (Wildman–Crippen LogP) is 3.66. The van der Waals surface area contributed by atoms with E-state index in [1.165, 1.54) is 0 Å². The number of nitrogens with zero attached hydrogens (tertiary/aromatic N) is 1. The first-order valence-corrected chi connectivity index (χ1v) is 6.74. The molecule has 2 rings (SSSR count). The minimum Gasteiger partial charge on any atom is -0.323 e. The van der Waals surface area contributed by atoms with Gasteiger partial charge in [-0.15, -0.1) is 11.3 Å². The van der Waals surface area contributed by atoms with Crippen LogP contribution < -0.4 is 5.73 Å². The number of aryl methyl sites for hydroxylation is 2. The van der Waals surface area contributed by atoms with E-state index < -0.39 is 0 Å². The van der Waals surface area contributed by atoms with Gasteiger partial charge in [0.1, 0.15) is 0 Å². The minimum atomic E-state index is -0.0728. The van der Waals surface area contributed by atoms with Crippen LogP contribution in [0.3, 0.4) is 0 Å². The van der Waals surface area contributed by atoms with Gasteiger partial charge in [-0.3, -0.25) is 4.98 Å². The number of rotatable bonds is 3. The zero-order valence-corrected chi connectivity index (χ0v) is 11.5. The van der Waals surface area contributed by atoms with Crippen LogP contribution in [0, 0.1) is 13.8 Å². The van der Waals surface area contributed by atoms with Gasteiger partial charge in [-0.05, 0) is 36.4 Å². The number of thiophene rings is 1. The lowest BCUT2D eigenvalue weighted by molar-refractivity contribution is 0.719. The summed E-state index contributed by atoms with van der Waals surface area (Å²) in [5.74, 6) is 0. The summed E-state index contributed by atoms with van der Waals surface area (Å²) in [4.78, 5) is 5.41. The van der Waals surface area contributed by atoms with Gasteiger partial charge in [0, 0.05) is 29.2 Å². The van der Waals surface area contributed by atoms with Gasteiger partial charge in [0.2, 0.25) is 0 Å². The molecule has 0 amide bonds. The summed E-state index contributed by atoms with van der Waals surface area (Å²) in [5, 5.41) is 2.84. The average Bonchev–Trinajstić information content (AvgIpc) is 2.63. The van der Waals surface area contributed by atoms with Crippen LogP contribution in [-0.4, -0.2) is 4.98 Å². The fourth-order valence-electron chi connectivity index (χ4n) is 1.64. The minimum absolute atomic E-state index is 0.0728. The van der Waals surface area contributed by atoms with Gasteiger partial charge in [0.05, 0.1) is 5.02 Å². The van der Waals surface area contributed by atoms with Crippen molar-refractivity contribution in [2.45, 2.75) is 26.3 Å². The Kier molecular flexibility index (Phi) is 3.82. The topological polar surface area (TPSA) is 38.9 Å². The molecule has 4 heteroatoms. The first kappa shape index (κ1) is 12.6. The third kappa shape index (κ3) is 2.86. The highest BCUT2D eigenvalue weighted by molar-refractivity contribution is 7.10. The Morgan fingerprint density at radius 1 is 1.41 bits per heavy atom. The summed E-state index contributed by atoms with van der Waals surface area (Å²) in [6.07, 6.45) is 2.59. The van der Waals surface area contributed by atoms with E-state index in [2.05, 4.69) is 11.1 Å². The normalized spacial score (nSPS) is 12.7. The van der Waals surface area contributed by atoms with E-state index in [1.807, 2.05) is 31.5 Å². The Hall–Kier alpha value is -0.900. The quantitative estimate of drug-likeness (QED) is 0.921. The second kappa shape index (κ2) is 5.17. The third-order valence-corrected chi connectivity index (χ3v) is 4.51. The predicted molar refractivity (Wildman–Crippen MR) is 73.7 cm³/mol. The second-order valence-electron chi connectivity index (χ2n) is 4.23. The Morgan fingerprint density at radius 2 is 2.18 bits per heavy atom. The number of pyridine rings is 1. The molecule has 0 saturated carbocycles. The molecule has 1 atom stereocenters. The molecule has 90 valence electrons. The Morgan fingerprint density at radius 3 is 2.71 bits per heavy atom. The maximum Gasteiger partial charge on any atom is 0.0590 e. The zero-order chi connectivity index (χ0) is 12.4. The van der Waals surface area contributed by atoms with E-state index in [4.69, 9.17) is 17.3 Å². The van der Waals surface area contributed by atoms with Crippen LogP contribution in [0.2, 0.25) is 5.02 Å². The lowest BCUT2D eigenvalue weighted by Crippen LogP contribution is -2.13. The first-order chi connectivity index (χ1) is 8.08. The van der Waals surface area contributed by atoms with Crippen LogP contribution in [-0.2, 0) is 6.42 Å². The van der Waals surface area contributed by atoms with Crippen molar-refractivity contribution in [2.75, 3.05) is 0 Å². The van der Waals surface area contributed by atoms with Crippen molar-refractivity contribution in [3.63, 3.8) is 0 Å². The Labute approximate surface area is 110 Å². The molecule has 2 nitrogen and oxygen atoms in total. The molecule has 0 aliphatic heterocycles. The van der Waals surface area contributed by atoms with Crippen molar-refractivity contribution >= 4 is 22.9 Å². The molecule has 0 fully saturated rings. The van der Waals surface area contributed by atoms with Crippen LogP contribution in [0.4, 0.5) is 0 Å². The molecule has 0 aliphatic rings. The van der Waals surface area contributed by atoms with Gasteiger partial charge in [-0.25, -0.2) is 0 Å². The standard InChI is InChI=1S/C13H15ClN2S/c1-8-3-4-10(16-6-8)5-11(15)13-12(14)9(2)7-17-13/h3-4,6-7,11H,5,15H2,1-2H3. The highest BCUT2D eigenvalue weighted by atomic mass is 35.5. The summed E-state index contributed by atoms with van der Waals surface area (Å²) in [6, 6.07) is 4.00. The summed E-state index contributed by atoms with van der Waals surface area (Å²) in [7, 11) is 0. The van der Waals surface area contributed by atoms with Gasteiger partial charge in [0.25, 0.3) is 0 Å². The largest absolute Gasteiger partial charge is 0.323 e. The smallest absolute Gasteiger partial charge is 0.0590 e. The van der Waals surface area contributed by atoms with E-state index >= 15 is 0 Å². The van der Waals surface area contributed by atoms with E-state index in [0.717, 1.165) is 33.1 Å². The van der Waals surface area contributed by atoms with E-state index in [1.54, 1.807) is 11.3 Å². The lowest BCUT2D eigenvalue weighted by Gasteiger charge is -2.10. The van der Waals surface area contributed by atoms with Crippen molar-refractivity contribution < 1.29 is 0 Å². The van der Waals surface area contributed by atoms with Crippen molar-refractivity contribution in [3.8, 4) is 0 Å². The van der Waals surface area contributed by atoms with E-state index in [9.17, 15) is 0 Å². The maximum absolute atomic E-state index is 6.21. The third-order valence-electron chi connectivity index (χ3n) is 2.66. The molecule has 2 N–H and O–H groups in total. The molecule has 0 saturated heterocycles. The molecule has 17 heavy (non-hydrogen) atoms. The molecule has 0 aromatic carbocycles. The molecule has 2 aromatic heterocycles. The highest BCUT2D eigenvalue weighted by Crippen LogP contribution is 2.32. The summed E-state index contributed by atoms with van der Waals surface area (Å²) >= 11 is 7.83. The van der Waals surface area contributed by atoms with Crippen molar-refractivity contribution in [3.05, 3.63) is 50.4 Å². The van der Waals surface area contributed by atoms with Crippen LogP contribution >= 0.6 is 22.9 Å². The van der Waals surface area contributed by atoms with Crippen molar-refractivity contribution in [2.24, 2.45) is 5.73 Å². The molecule has 0 radical (unpaired) electrons. The zero-order valence-electron chi connectivity index (χ0n) is 9.90.